The molecule has 1 aromatic rings. The Bertz CT molecular complexity index is 345. The molecule has 0 aliphatic rings. The third-order valence-corrected chi connectivity index (χ3v) is 2.28. The van der Waals surface area contributed by atoms with Gasteiger partial charge in [0.25, 0.3) is 5.91 Å². The first-order valence-corrected chi connectivity index (χ1v) is 4.25. The van der Waals surface area contributed by atoms with Crippen LogP contribution in [0.5, 0.6) is 0 Å². The second-order valence-corrected chi connectivity index (χ2v) is 3.57. The predicted octanol–water partition coefficient (Wildman–Crippen LogP) is 0.543. The van der Waals surface area contributed by atoms with Gasteiger partial charge in [0.15, 0.2) is 0 Å². The van der Waals surface area contributed by atoms with E-state index in [0.29, 0.717) is 4.88 Å². The molecule has 13 heavy (non-hydrogen) atoms. The molecule has 0 aliphatic heterocycles. The Hall–Kier alpha value is -1.43. The molecule has 0 saturated heterocycles. The molecule has 1 rings (SSSR count). The Labute approximate surface area is 78.6 Å². The minimum absolute atomic E-state index is 0.0646. The number of rotatable bonds is 2. The van der Waals surface area contributed by atoms with Crippen LogP contribution in [0.15, 0.2) is 6.20 Å². The van der Waals surface area contributed by atoms with E-state index in [2.05, 4.69) is 4.98 Å². The number of thiazole rings is 1. The molecule has 0 bridgehead atoms. The van der Waals surface area contributed by atoms with Crippen molar-refractivity contribution >= 4 is 23.2 Å². The van der Waals surface area contributed by atoms with Crippen LogP contribution >= 0.6 is 11.3 Å². The number of hydrogen-bond donors (Lipinski definition) is 1. The molecule has 6 heteroatoms. The Morgan fingerprint density at radius 3 is 2.54 bits per heavy atom. The normalized spacial score (nSPS) is 9.69. The van der Waals surface area contributed by atoms with Crippen molar-refractivity contribution < 1.29 is 14.7 Å². The van der Waals surface area contributed by atoms with Crippen molar-refractivity contribution in [2.24, 2.45) is 0 Å². The van der Waals surface area contributed by atoms with Crippen LogP contribution < -0.4 is 0 Å². The van der Waals surface area contributed by atoms with Crippen LogP contribution in [0, 0.1) is 0 Å². The third kappa shape index (κ3) is 2.03. The molecule has 0 fully saturated rings. The molecule has 1 amide bonds. The number of carbonyl (C=O) groups is 2. The minimum Gasteiger partial charge on any atom is -0.476 e. The molecule has 0 aliphatic carbocycles. The summed E-state index contributed by atoms with van der Waals surface area (Å²) in [7, 11) is 3.20. The molecular weight excluding hydrogens is 192 g/mol. The molecule has 0 radical (unpaired) electrons. The molecular formula is C7H8N2O3S. The molecule has 0 saturated carbocycles. The average molecular weight is 200 g/mol. The summed E-state index contributed by atoms with van der Waals surface area (Å²) in [5.74, 6) is -1.34. The van der Waals surface area contributed by atoms with Crippen LogP contribution in [0.4, 0.5) is 0 Å². The maximum atomic E-state index is 11.3. The van der Waals surface area contributed by atoms with Crippen LogP contribution in [0.3, 0.4) is 0 Å². The number of amides is 1. The highest BCUT2D eigenvalue weighted by molar-refractivity contribution is 7.15. The molecule has 0 spiro atoms. The number of carboxylic acids is 1. The van der Waals surface area contributed by atoms with Crippen molar-refractivity contribution in [3.63, 3.8) is 0 Å². The van der Waals surface area contributed by atoms with E-state index in [1.54, 1.807) is 14.1 Å². The maximum absolute atomic E-state index is 11.3. The average Bonchev–Trinajstić information content (AvgIpc) is 2.50. The van der Waals surface area contributed by atoms with Gasteiger partial charge in [0.2, 0.25) is 5.01 Å². The lowest BCUT2D eigenvalue weighted by molar-refractivity contribution is 0.0696. The van der Waals surface area contributed by atoms with E-state index in [4.69, 9.17) is 5.11 Å². The minimum atomic E-state index is -1.11. The van der Waals surface area contributed by atoms with Crippen molar-refractivity contribution in [2.45, 2.75) is 0 Å². The van der Waals surface area contributed by atoms with Gasteiger partial charge in [0.05, 0.1) is 6.20 Å². The van der Waals surface area contributed by atoms with Crippen LogP contribution in [0.2, 0.25) is 0 Å². The van der Waals surface area contributed by atoms with Crippen molar-refractivity contribution in [3.8, 4) is 0 Å². The molecule has 0 atom stereocenters. The number of hydrogen-bond acceptors (Lipinski definition) is 4. The van der Waals surface area contributed by atoms with Gasteiger partial charge in [-0.05, 0) is 0 Å². The first-order chi connectivity index (χ1) is 6.02. The maximum Gasteiger partial charge on any atom is 0.365 e. The van der Waals surface area contributed by atoms with Gasteiger partial charge >= 0.3 is 5.97 Å². The molecule has 0 aromatic carbocycles. The smallest absolute Gasteiger partial charge is 0.365 e. The van der Waals surface area contributed by atoms with Gasteiger partial charge in [-0.1, -0.05) is 0 Å². The molecule has 70 valence electrons. The SMILES string of the molecule is CN(C)C(=O)c1cnc(C(=O)O)s1. The van der Waals surface area contributed by atoms with E-state index in [9.17, 15) is 9.59 Å². The quantitative estimate of drug-likeness (QED) is 0.756. The van der Waals surface area contributed by atoms with Crippen LogP contribution in [-0.4, -0.2) is 41.0 Å². The third-order valence-electron chi connectivity index (χ3n) is 1.31. The second kappa shape index (κ2) is 3.53. The molecule has 5 nitrogen and oxygen atoms in total. The van der Waals surface area contributed by atoms with Gasteiger partial charge in [-0.2, -0.15) is 0 Å². The van der Waals surface area contributed by atoms with Crippen LogP contribution in [-0.2, 0) is 0 Å². The standard InChI is InChI=1S/C7H8N2O3S/c1-9(2)6(10)4-3-8-5(13-4)7(11)12/h3H,1-2H3,(H,11,12). The first kappa shape index (κ1) is 9.66. The fourth-order valence-electron chi connectivity index (χ4n) is 0.692. The van der Waals surface area contributed by atoms with Crippen molar-refractivity contribution in [1.29, 1.82) is 0 Å². The Morgan fingerprint density at radius 1 is 1.54 bits per heavy atom. The van der Waals surface area contributed by atoms with E-state index in [0.717, 1.165) is 11.3 Å². The van der Waals surface area contributed by atoms with Crippen molar-refractivity contribution in [1.82, 2.24) is 9.88 Å². The van der Waals surface area contributed by atoms with Gasteiger partial charge in [-0.25, -0.2) is 9.78 Å². The zero-order valence-corrected chi connectivity index (χ0v) is 7.96. The van der Waals surface area contributed by atoms with Gasteiger partial charge < -0.3 is 10.0 Å². The molecule has 1 heterocycles. The predicted molar refractivity (Wildman–Crippen MR) is 47.1 cm³/mol. The van der Waals surface area contributed by atoms with Gasteiger partial charge in [-0.15, -0.1) is 11.3 Å². The van der Waals surface area contributed by atoms with E-state index in [-0.39, 0.29) is 10.9 Å². The van der Waals surface area contributed by atoms with Crippen molar-refractivity contribution in [2.75, 3.05) is 14.1 Å². The van der Waals surface area contributed by atoms with Gasteiger partial charge in [0.1, 0.15) is 4.88 Å². The number of carboxylic acid groups (broad SMARTS) is 1. The summed E-state index contributed by atoms with van der Waals surface area (Å²) in [4.78, 5) is 27.0. The highest BCUT2D eigenvalue weighted by Gasteiger charge is 2.15. The summed E-state index contributed by atoms with van der Waals surface area (Å²) in [6, 6.07) is 0. The highest BCUT2D eigenvalue weighted by atomic mass is 32.1. The molecule has 1 aromatic heterocycles. The van der Waals surface area contributed by atoms with E-state index in [1.165, 1.54) is 11.1 Å². The summed E-state index contributed by atoms with van der Waals surface area (Å²) in [5, 5.41) is 8.48. The summed E-state index contributed by atoms with van der Waals surface area (Å²) >= 11 is 0.876. The summed E-state index contributed by atoms with van der Waals surface area (Å²) < 4.78 is 0. The second-order valence-electron chi connectivity index (χ2n) is 2.53. The fourth-order valence-corrected chi connectivity index (χ4v) is 1.47. The van der Waals surface area contributed by atoms with Crippen molar-refractivity contribution in [3.05, 3.63) is 16.1 Å². The topological polar surface area (TPSA) is 70.5 Å². The summed E-state index contributed by atoms with van der Waals surface area (Å²) in [6.07, 6.45) is 1.27. The Morgan fingerprint density at radius 2 is 2.15 bits per heavy atom. The first-order valence-electron chi connectivity index (χ1n) is 3.43. The summed E-state index contributed by atoms with van der Waals surface area (Å²) in [6.45, 7) is 0. The van der Waals surface area contributed by atoms with Crippen LogP contribution in [0.25, 0.3) is 0 Å². The number of nitrogens with zero attached hydrogens (tertiary/aromatic N) is 2. The molecule has 0 unspecified atom stereocenters. The molecule has 1 N–H and O–H groups in total. The van der Waals surface area contributed by atoms with E-state index in [1.807, 2.05) is 0 Å². The number of aromatic nitrogens is 1. The zero-order valence-electron chi connectivity index (χ0n) is 7.14. The van der Waals surface area contributed by atoms with E-state index >= 15 is 0 Å². The number of carbonyl (C=O) groups excluding carboxylic acids is 1. The lowest BCUT2D eigenvalue weighted by atomic mass is 10.5. The highest BCUT2D eigenvalue weighted by Crippen LogP contribution is 2.13. The van der Waals surface area contributed by atoms with Gasteiger partial charge in [-0.3, -0.25) is 4.79 Å². The van der Waals surface area contributed by atoms with E-state index < -0.39 is 5.97 Å². The number of aromatic carboxylic acids is 1. The van der Waals surface area contributed by atoms with Gasteiger partial charge in [0, 0.05) is 14.1 Å². The Balaban J connectivity index is 2.92. The fraction of sp³-hybridized carbons (Fsp3) is 0.286. The zero-order chi connectivity index (χ0) is 10.0. The lowest BCUT2D eigenvalue weighted by Gasteiger charge is -2.06. The Kier molecular flexibility index (Phi) is 2.62. The monoisotopic (exact) mass is 200 g/mol. The lowest BCUT2D eigenvalue weighted by Crippen LogP contribution is -2.20. The largest absolute Gasteiger partial charge is 0.476 e. The van der Waals surface area contributed by atoms with Crippen LogP contribution in [0.1, 0.15) is 19.5 Å². The summed E-state index contributed by atoms with van der Waals surface area (Å²) in [5.41, 5.74) is 0.